The molecule has 0 aromatic carbocycles. The van der Waals surface area contributed by atoms with Crippen LogP contribution >= 0.6 is 0 Å². The summed E-state index contributed by atoms with van der Waals surface area (Å²) in [6.45, 7) is 0.233. The number of hydrogen-bond donors (Lipinski definition) is 0. The van der Waals surface area contributed by atoms with E-state index in [2.05, 4.69) is 10.1 Å². The first-order chi connectivity index (χ1) is 7.55. The van der Waals surface area contributed by atoms with Crippen LogP contribution in [0.1, 0.15) is 11.3 Å². The zero-order chi connectivity index (χ0) is 11.6. The van der Waals surface area contributed by atoms with E-state index >= 15 is 0 Å². The first-order valence-corrected chi connectivity index (χ1v) is 4.55. The summed E-state index contributed by atoms with van der Waals surface area (Å²) in [5.41, 5.74) is -0.0808. The van der Waals surface area contributed by atoms with Crippen molar-refractivity contribution in [3.63, 3.8) is 0 Å². The highest BCUT2D eigenvalue weighted by molar-refractivity contribution is 5.10. The molecule has 6 heteroatoms. The topological polar surface area (TPSA) is 30.7 Å². The maximum atomic E-state index is 12.3. The first-order valence-electron chi connectivity index (χ1n) is 4.55. The molecule has 16 heavy (non-hydrogen) atoms. The molecule has 0 aliphatic carbocycles. The lowest BCUT2D eigenvalue weighted by Gasteiger charge is -2.01. The molecule has 2 aromatic rings. The number of alkyl halides is 3. The van der Waals surface area contributed by atoms with Gasteiger partial charge in [-0.2, -0.15) is 18.3 Å². The molecule has 0 spiro atoms. The fourth-order valence-corrected chi connectivity index (χ4v) is 1.25. The number of nitrogens with zero attached hydrogens (tertiary/aromatic N) is 3. The molecule has 0 unspecified atom stereocenters. The highest BCUT2D eigenvalue weighted by atomic mass is 19.4. The molecule has 0 aliphatic rings. The molecule has 0 saturated heterocycles. The fourth-order valence-electron chi connectivity index (χ4n) is 1.25. The van der Waals surface area contributed by atoms with Crippen LogP contribution in [0, 0.1) is 0 Å². The summed E-state index contributed by atoms with van der Waals surface area (Å²) in [5.74, 6) is 0. The molecule has 84 valence electrons. The Morgan fingerprint density at radius 1 is 1.25 bits per heavy atom. The van der Waals surface area contributed by atoms with Crippen LogP contribution in [0.25, 0.3) is 0 Å². The largest absolute Gasteiger partial charge is 0.419 e. The van der Waals surface area contributed by atoms with E-state index in [1.165, 1.54) is 4.68 Å². The molecule has 0 saturated carbocycles. The second kappa shape index (κ2) is 3.96. The predicted octanol–water partition coefficient (Wildman–Crippen LogP) is 2.35. The quantitative estimate of drug-likeness (QED) is 0.788. The minimum Gasteiger partial charge on any atom is -0.266 e. The predicted molar refractivity (Wildman–Crippen MR) is 50.6 cm³/mol. The average Bonchev–Trinajstić information content (AvgIpc) is 2.67. The van der Waals surface area contributed by atoms with Gasteiger partial charge >= 0.3 is 6.18 Å². The Hall–Kier alpha value is -1.85. The van der Waals surface area contributed by atoms with Gasteiger partial charge in [0.25, 0.3) is 0 Å². The summed E-state index contributed by atoms with van der Waals surface area (Å²) in [7, 11) is 0. The van der Waals surface area contributed by atoms with Crippen molar-refractivity contribution in [2.75, 3.05) is 0 Å². The fraction of sp³-hybridized carbons (Fsp3) is 0.200. The van der Waals surface area contributed by atoms with Crippen LogP contribution in [0.4, 0.5) is 13.2 Å². The van der Waals surface area contributed by atoms with E-state index in [0.717, 1.165) is 12.4 Å². The van der Waals surface area contributed by atoms with Gasteiger partial charge in [-0.05, 0) is 12.1 Å². The number of rotatable bonds is 2. The smallest absolute Gasteiger partial charge is 0.266 e. The van der Waals surface area contributed by atoms with Crippen LogP contribution in [0.3, 0.4) is 0 Å². The summed E-state index contributed by atoms with van der Waals surface area (Å²) >= 11 is 0. The molecule has 3 nitrogen and oxygen atoms in total. The number of hydrogen-bond acceptors (Lipinski definition) is 2. The van der Waals surface area contributed by atoms with Gasteiger partial charge in [0.05, 0.1) is 24.0 Å². The van der Waals surface area contributed by atoms with Gasteiger partial charge in [-0.15, -0.1) is 0 Å². The monoisotopic (exact) mass is 227 g/mol. The minimum atomic E-state index is -4.34. The van der Waals surface area contributed by atoms with Crippen LogP contribution < -0.4 is 0 Å². The van der Waals surface area contributed by atoms with Crippen molar-refractivity contribution in [2.24, 2.45) is 0 Å². The minimum absolute atomic E-state index is 0.233. The van der Waals surface area contributed by atoms with Crippen molar-refractivity contribution in [2.45, 2.75) is 12.7 Å². The summed E-state index contributed by atoms with van der Waals surface area (Å²) in [6.07, 6.45) is -0.983. The highest BCUT2D eigenvalue weighted by Crippen LogP contribution is 2.28. The van der Waals surface area contributed by atoms with Gasteiger partial charge in [0, 0.05) is 12.4 Å². The maximum absolute atomic E-state index is 12.3. The van der Waals surface area contributed by atoms with Crippen molar-refractivity contribution < 1.29 is 13.2 Å². The third-order valence-corrected chi connectivity index (χ3v) is 2.01. The molecule has 0 amide bonds. The molecule has 0 N–H and O–H groups in total. The Morgan fingerprint density at radius 2 is 2.06 bits per heavy atom. The Labute approximate surface area is 89.5 Å². The summed E-state index contributed by atoms with van der Waals surface area (Å²) in [4.78, 5) is 4.00. The van der Waals surface area contributed by atoms with Crippen molar-refractivity contribution >= 4 is 0 Å². The van der Waals surface area contributed by atoms with Gasteiger partial charge < -0.3 is 0 Å². The van der Waals surface area contributed by atoms with Crippen LogP contribution in [-0.2, 0) is 12.7 Å². The summed E-state index contributed by atoms with van der Waals surface area (Å²) < 4.78 is 38.0. The summed E-state index contributed by atoms with van der Waals surface area (Å²) in [6, 6.07) is 5.25. The molecular weight excluding hydrogens is 219 g/mol. The number of halogens is 3. The third kappa shape index (κ3) is 2.39. The van der Waals surface area contributed by atoms with E-state index in [9.17, 15) is 13.2 Å². The second-order valence-electron chi connectivity index (χ2n) is 3.25. The van der Waals surface area contributed by atoms with Crippen LogP contribution in [0.15, 0.2) is 36.8 Å². The van der Waals surface area contributed by atoms with E-state index in [1.54, 1.807) is 24.4 Å². The molecule has 2 aromatic heterocycles. The molecule has 0 bridgehead atoms. The molecule has 0 aliphatic heterocycles. The molecule has 0 atom stereocenters. The molecule has 0 radical (unpaired) electrons. The van der Waals surface area contributed by atoms with Crippen molar-refractivity contribution in [1.82, 2.24) is 14.8 Å². The first kappa shape index (κ1) is 10.7. The van der Waals surface area contributed by atoms with Gasteiger partial charge in [-0.25, -0.2) is 0 Å². The van der Waals surface area contributed by atoms with Crippen molar-refractivity contribution in [3.8, 4) is 0 Å². The maximum Gasteiger partial charge on any atom is 0.419 e. The zero-order valence-electron chi connectivity index (χ0n) is 8.15. The van der Waals surface area contributed by atoms with E-state index in [1.807, 2.05) is 0 Å². The summed E-state index contributed by atoms with van der Waals surface area (Å²) in [5, 5.41) is 3.63. The van der Waals surface area contributed by atoms with Gasteiger partial charge in [0.2, 0.25) is 0 Å². The average molecular weight is 227 g/mol. The SMILES string of the molecule is FC(F)(F)c1cnn(Cc2ccccn2)c1. The lowest BCUT2D eigenvalue weighted by atomic mass is 10.3. The second-order valence-corrected chi connectivity index (χ2v) is 3.25. The lowest BCUT2D eigenvalue weighted by Crippen LogP contribution is -2.04. The van der Waals surface area contributed by atoms with Gasteiger partial charge in [-0.1, -0.05) is 6.07 Å². The molecular formula is C10H8F3N3. The van der Waals surface area contributed by atoms with Gasteiger partial charge in [0.15, 0.2) is 0 Å². The normalized spacial score (nSPS) is 11.7. The van der Waals surface area contributed by atoms with E-state index < -0.39 is 11.7 Å². The number of pyridine rings is 1. The zero-order valence-corrected chi connectivity index (χ0v) is 8.15. The standard InChI is InChI=1S/C10H8F3N3/c11-10(12,13)8-5-15-16(6-8)7-9-3-1-2-4-14-9/h1-6H,7H2. The Kier molecular flexibility index (Phi) is 2.64. The van der Waals surface area contributed by atoms with Crippen molar-refractivity contribution in [1.29, 1.82) is 0 Å². The van der Waals surface area contributed by atoms with Crippen molar-refractivity contribution in [3.05, 3.63) is 48.0 Å². The lowest BCUT2D eigenvalue weighted by molar-refractivity contribution is -0.137. The van der Waals surface area contributed by atoms with Crippen LogP contribution in [0.5, 0.6) is 0 Å². The van der Waals surface area contributed by atoms with Crippen LogP contribution in [0.2, 0.25) is 0 Å². The Balaban J connectivity index is 2.15. The number of aromatic nitrogens is 3. The molecule has 2 heterocycles. The van der Waals surface area contributed by atoms with Gasteiger partial charge in [-0.3, -0.25) is 9.67 Å². The Morgan fingerprint density at radius 3 is 2.62 bits per heavy atom. The molecule has 2 rings (SSSR count). The van der Waals surface area contributed by atoms with E-state index in [0.29, 0.717) is 5.69 Å². The third-order valence-electron chi connectivity index (χ3n) is 2.01. The van der Waals surface area contributed by atoms with E-state index in [-0.39, 0.29) is 6.54 Å². The highest BCUT2D eigenvalue weighted by Gasteiger charge is 2.32. The van der Waals surface area contributed by atoms with Crippen LogP contribution in [-0.4, -0.2) is 14.8 Å². The molecule has 0 fully saturated rings. The Bertz CT molecular complexity index is 462. The van der Waals surface area contributed by atoms with E-state index in [4.69, 9.17) is 0 Å². The van der Waals surface area contributed by atoms with Gasteiger partial charge in [0.1, 0.15) is 0 Å².